The minimum atomic E-state index is -3.89. The highest BCUT2D eigenvalue weighted by atomic mass is 32.2. The molecular formula is C21H15N3O2S2. The number of sulfonamides is 1. The molecular weight excluding hydrogens is 390 g/mol. The Bertz CT molecular complexity index is 1330. The van der Waals surface area contributed by atoms with Crippen molar-refractivity contribution in [3.8, 4) is 6.07 Å². The summed E-state index contributed by atoms with van der Waals surface area (Å²) < 4.78 is 32.1. The average Bonchev–Trinajstić information content (AvgIpc) is 3.34. The minimum Gasteiger partial charge on any atom is -0.313 e. The lowest BCUT2D eigenvalue weighted by atomic mass is 10.0. The van der Waals surface area contributed by atoms with Gasteiger partial charge in [0.1, 0.15) is 16.0 Å². The third kappa shape index (κ3) is 3.03. The van der Waals surface area contributed by atoms with Crippen molar-refractivity contribution in [2.75, 3.05) is 0 Å². The van der Waals surface area contributed by atoms with Gasteiger partial charge in [-0.3, -0.25) is 0 Å². The van der Waals surface area contributed by atoms with E-state index in [0.717, 1.165) is 16.9 Å². The molecule has 138 valence electrons. The van der Waals surface area contributed by atoms with Crippen LogP contribution < -0.4 is 0 Å². The zero-order chi connectivity index (χ0) is 19.7. The van der Waals surface area contributed by atoms with Gasteiger partial charge in [0.25, 0.3) is 10.0 Å². The maximum Gasteiger partial charge on any atom is 0.292 e. The van der Waals surface area contributed by atoms with Crippen LogP contribution in [-0.2, 0) is 10.0 Å². The van der Waals surface area contributed by atoms with E-state index < -0.39 is 10.0 Å². The second-order valence-electron chi connectivity index (χ2n) is 6.13. The standard InChI is InChI=1S/C21H15N3O2S2/c1-15-17(14-22)18-10-5-6-12-24(18)21(15)20(16-8-3-2-4-9-16)23-28(25,26)19-11-7-13-27-19/h2-13H,1H3. The van der Waals surface area contributed by atoms with Gasteiger partial charge in [-0.2, -0.15) is 18.1 Å². The lowest BCUT2D eigenvalue weighted by molar-refractivity contribution is 0.600. The smallest absolute Gasteiger partial charge is 0.292 e. The maximum absolute atomic E-state index is 12.9. The predicted octanol–water partition coefficient (Wildman–Crippen LogP) is 4.41. The van der Waals surface area contributed by atoms with Crippen LogP contribution in [0.2, 0.25) is 0 Å². The quantitative estimate of drug-likeness (QED) is 0.472. The van der Waals surface area contributed by atoms with Crippen LogP contribution in [0.15, 0.2) is 80.8 Å². The van der Waals surface area contributed by atoms with Gasteiger partial charge in [0.2, 0.25) is 0 Å². The number of nitriles is 1. The van der Waals surface area contributed by atoms with Gasteiger partial charge >= 0.3 is 0 Å². The van der Waals surface area contributed by atoms with Gasteiger partial charge in [0, 0.05) is 11.8 Å². The van der Waals surface area contributed by atoms with Crippen molar-refractivity contribution in [1.29, 1.82) is 5.26 Å². The summed E-state index contributed by atoms with van der Waals surface area (Å²) >= 11 is 1.13. The Kier molecular flexibility index (Phi) is 4.59. The number of rotatable bonds is 4. The lowest BCUT2D eigenvalue weighted by Gasteiger charge is -2.09. The van der Waals surface area contributed by atoms with E-state index in [1.807, 2.05) is 66.1 Å². The second kappa shape index (κ2) is 7.08. The fraction of sp³-hybridized carbons (Fsp3) is 0.0476. The van der Waals surface area contributed by atoms with E-state index in [9.17, 15) is 13.7 Å². The van der Waals surface area contributed by atoms with Crippen LogP contribution in [0, 0.1) is 18.3 Å². The molecule has 28 heavy (non-hydrogen) atoms. The van der Waals surface area contributed by atoms with Crippen LogP contribution in [0.3, 0.4) is 0 Å². The van der Waals surface area contributed by atoms with Crippen molar-refractivity contribution in [3.63, 3.8) is 0 Å². The number of hydrogen-bond donors (Lipinski definition) is 0. The molecule has 0 atom stereocenters. The molecule has 0 radical (unpaired) electrons. The van der Waals surface area contributed by atoms with Crippen molar-refractivity contribution in [1.82, 2.24) is 4.40 Å². The Morgan fingerprint density at radius 1 is 1.07 bits per heavy atom. The topological polar surface area (TPSA) is 74.7 Å². The zero-order valence-electron chi connectivity index (χ0n) is 14.9. The van der Waals surface area contributed by atoms with Crippen LogP contribution >= 0.6 is 11.3 Å². The van der Waals surface area contributed by atoms with Crippen LogP contribution in [0.25, 0.3) is 5.52 Å². The molecule has 3 heterocycles. The first-order chi connectivity index (χ1) is 13.5. The lowest BCUT2D eigenvalue weighted by Crippen LogP contribution is -2.11. The van der Waals surface area contributed by atoms with Crippen molar-refractivity contribution in [2.45, 2.75) is 11.1 Å². The number of fused-ring (bicyclic) bond motifs is 1. The third-order valence-electron chi connectivity index (χ3n) is 4.43. The fourth-order valence-corrected chi connectivity index (χ4v) is 5.16. The largest absolute Gasteiger partial charge is 0.313 e. The average molecular weight is 406 g/mol. The Balaban J connectivity index is 2.08. The first-order valence-electron chi connectivity index (χ1n) is 8.47. The Morgan fingerprint density at radius 2 is 1.82 bits per heavy atom. The van der Waals surface area contributed by atoms with Crippen molar-refractivity contribution in [2.24, 2.45) is 4.40 Å². The van der Waals surface area contributed by atoms with E-state index in [0.29, 0.717) is 28.1 Å². The SMILES string of the molecule is Cc1c(C#N)c2ccccn2c1C(=NS(=O)(=O)c1cccs1)c1ccccc1. The number of benzene rings is 1. The summed E-state index contributed by atoms with van der Waals surface area (Å²) in [7, 11) is -3.89. The van der Waals surface area contributed by atoms with Gasteiger partial charge in [-0.15, -0.1) is 11.3 Å². The van der Waals surface area contributed by atoms with Gasteiger partial charge in [-0.25, -0.2) is 0 Å². The van der Waals surface area contributed by atoms with Crippen molar-refractivity contribution >= 4 is 32.6 Å². The Labute approximate surface area is 166 Å². The molecule has 0 amide bonds. The summed E-state index contributed by atoms with van der Waals surface area (Å²) in [6, 6.07) is 20.1. The summed E-state index contributed by atoms with van der Waals surface area (Å²) in [5, 5.41) is 11.3. The highest BCUT2D eigenvalue weighted by molar-refractivity contribution is 7.92. The highest BCUT2D eigenvalue weighted by Crippen LogP contribution is 2.27. The van der Waals surface area contributed by atoms with Crippen molar-refractivity contribution < 1.29 is 8.42 Å². The van der Waals surface area contributed by atoms with E-state index in [-0.39, 0.29) is 4.21 Å². The van der Waals surface area contributed by atoms with Gasteiger partial charge in [-0.05, 0) is 36.1 Å². The molecule has 7 heteroatoms. The Morgan fingerprint density at radius 3 is 2.50 bits per heavy atom. The maximum atomic E-state index is 12.9. The van der Waals surface area contributed by atoms with Gasteiger partial charge in [0.05, 0.1) is 16.8 Å². The molecule has 5 nitrogen and oxygen atoms in total. The number of pyridine rings is 1. The summed E-state index contributed by atoms with van der Waals surface area (Å²) in [6.45, 7) is 1.82. The normalized spacial score (nSPS) is 12.2. The van der Waals surface area contributed by atoms with E-state index >= 15 is 0 Å². The summed E-state index contributed by atoms with van der Waals surface area (Å²) in [5.74, 6) is 0. The molecule has 0 spiro atoms. The molecule has 4 aromatic rings. The summed E-state index contributed by atoms with van der Waals surface area (Å²) in [6.07, 6.45) is 1.81. The fourth-order valence-electron chi connectivity index (χ4n) is 3.17. The molecule has 0 saturated carbocycles. The molecule has 0 saturated heterocycles. The molecule has 0 bridgehead atoms. The third-order valence-corrected chi connectivity index (χ3v) is 7.08. The van der Waals surface area contributed by atoms with Gasteiger partial charge in [0.15, 0.2) is 0 Å². The number of nitrogens with zero attached hydrogens (tertiary/aromatic N) is 3. The molecule has 0 N–H and O–H groups in total. The summed E-state index contributed by atoms with van der Waals surface area (Å²) in [4.78, 5) is 0. The molecule has 0 aliphatic heterocycles. The van der Waals surface area contributed by atoms with Crippen molar-refractivity contribution in [3.05, 3.63) is 94.6 Å². The first kappa shape index (κ1) is 18.2. The molecule has 0 aliphatic carbocycles. The molecule has 0 aliphatic rings. The second-order valence-corrected chi connectivity index (χ2v) is 8.91. The molecule has 0 unspecified atom stereocenters. The molecule has 4 rings (SSSR count). The molecule has 1 aromatic carbocycles. The zero-order valence-corrected chi connectivity index (χ0v) is 16.5. The van der Waals surface area contributed by atoms with Gasteiger partial charge in [-0.1, -0.05) is 42.5 Å². The van der Waals surface area contributed by atoms with E-state index in [4.69, 9.17) is 0 Å². The monoisotopic (exact) mass is 405 g/mol. The molecule has 0 fully saturated rings. The van der Waals surface area contributed by atoms with Crippen LogP contribution in [0.1, 0.15) is 22.4 Å². The van der Waals surface area contributed by atoms with Gasteiger partial charge < -0.3 is 4.40 Å². The van der Waals surface area contributed by atoms with Crippen LogP contribution in [-0.4, -0.2) is 18.5 Å². The number of thiophene rings is 1. The Hall–Kier alpha value is -3.21. The van der Waals surface area contributed by atoms with E-state index in [1.54, 1.807) is 11.4 Å². The summed E-state index contributed by atoms with van der Waals surface area (Å²) in [5.41, 5.74) is 3.49. The number of aromatic nitrogens is 1. The molecule has 3 aromatic heterocycles. The van der Waals surface area contributed by atoms with Crippen LogP contribution in [0.4, 0.5) is 0 Å². The van der Waals surface area contributed by atoms with Crippen LogP contribution in [0.5, 0.6) is 0 Å². The first-order valence-corrected chi connectivity index (χ1v) is 10.8. The highest BCUT2D eigenvalue weighted by Gasteiger charge is 2.23. The van der Waals surface area contributed by atoms with E-state index in [1.165, 1.54) is 6.07 Å². The predicted molar refractivity (Wildman–Crippen MR) is 110 cm³/mol. The minimum absolute atomic E-state index is 0.181. The van der Waals surface area contributed by atoms with E-state index in [2.05, 4.69) is 10.5 Å². The number of hydrogen-bond acceptors (Lipinski definition) is 4.